The van der Waals surface area contributed by atoms with Crippen LogP contribution in [-0.4, -0.2) is 26.6 Å². The molecule has 0 aliphatic rings. The summed E-state index contributed by atoms with van der Waals surface area (Å²) in [7, 11) is -1.61. The second-order valence-corrected chi connectivity index (χ2v) is 11.0. The highest BCUT2D eigenvalue weighted by atomic mass is 28.4. The molecule has 0 fully saturated rings. The van der Waals surface area contributed by atoms with Gasteiger partial charge < -0.3 is 9.53 Å². The van der Waals surface area contributed by atoms with Crippen molar-refractivity contribution in [1.29, 1.82) is 0 Å². The molecule has 0 aliphatic carbocycles. The lowest BCUT2D eigenvalue weighted by atomic mass is 9.98. The van der Waals surface area contributed by atoms with Crippen molar-refractivity contribution in [3.63, 3.8) is 0 Å². The molecule has 92 valence electrons. The highest BCUT2D eigenvalue weighted by molar-refractivity contribution is 6.74. The molecule has 0 spiro atoms. The van der Waals surface area contributed by atoms with Crippen molar-refractivity contribution in [3.8, 4) is 0 Å². The van der Waals surface area contributed by atoms with Crippen LogP contribution in [0.3, 0.4) is 0 Å². The predicted octanol–water partition coefficient (Wildman–Crippen LogP) is 3.27. The third-order valence-corrected chi connectivity index (χ3v) is 8.27. The second-order valence-electron chi connectivity index (χ2n) is 6.21. The molecular formula is C12H28O2Si. The zero-order valence-electron chi connectivity index (χ0n) is 11.4. The fourth-order valence-corrected chi connectivity index (χ4v) is 2.01. The number of rotatable bonds is 5. The third kappa shape index (κ3) is 4.66. The summed E-state index contributed by atoms with van der Waals surface area (Å²) in [6, 6.07) is 0. The van der Waals surface area contributed by atoms with Crippen LogP contribution in [0.2, 0.25) is 18.1 Å². The summed E-state index contributed by atoms with van der Waals surface area (Å²) >= 11 is 0. The van der Waals surface area contributed by atoms with E-state index < -0.39 is 8.32 Å². The molecule has 1 N–H and O–H groups in total. The molecule has 0 aromatic carbocycles. The van der Waals surface area contributed by atoms with E-state index in [0.717, 1.165) is 6.61 Å². The molecule has 0 radical (unpaired) electrons. The van der Waals surface area contributed by atoms with Crippen LogP contribution in [0.25, 0.3) is 0 Å². The van der Waals surface area contributed by atoms with Crippen molar-refractivity contribution in [1.82, 2.24) is 0 Å². The molecule has 0 unspecified atom stereocenters. The average molecular weight is 232 g/mol. The van der Waals surface area contributed by atoms with Gasteiger partial charge >= 0.3 is 0 Å². The first kappa shape index (κ1) is 15.1. The summed E-state index contributed by atoms with van der Waals surface area (Å²) in [6.07, 6.45) is 0. The van der Waals surface area contributed by atoms with E-state index in [1.54, 1.807) is 0 Å². The van der Waals surface area contributed by atoms with Gasteiger partial charge in [0.15, 0.2) is 8.32 Å². The van der Waals surface area contributed by atoms with Gasteiger partial charge in [-0.2, -0.15) is 0 Å². The Kier molecular flexibility index (Phi) is 5.51. The predicted molar refractivity (Wildman–Crippen MR) is 68.6 cm³/mol. The van der Waals surface area contributed by atoms with Gasteiger partial charge in [0.2, 0.25) is 0 Å². The molecule has 2 atom stereocenters. The van der Waals surface area contributed by atoms with E-state index in [0.29, 0.717) is 11.8 Å². The first-order chi connectivity index (χ1) is 6.62. The monoisotopic (exact) mass is 232 g/mol. The van der Waals surface area contributed by atoms with Gasteiger partial charge in [-0.15, -0.1) is 0 Å². The van der Waals surface area contributed by atoms with Crippen molar-refractivity contribution >= 4 is 8.32 Å². The lowest BCUT2D eigenvalue weighted by molar-refractivity contribution is 0.144. The van der Waals surface area contributed by atoms with Crippen LogP contribution >= 0.6 is 0 Å². The first-order valence-corrected chi connectivity index (χ1v) is 8.77. The fourth-order valence-electron chi connectivity index (χ4n) is 0.900. The fraction of sp³-hybridized carbons (Fsp3) is 1.00. The molecule has 0 bridgehead atoms. The molecule has 0 amide bonds. The van der Waals surface area contributed by atoms with Crippen LogP contribution in [0.1, 0.15) is 34.6 Å². The molecule has 0 aromatic rings. The molecular weight excluding hydrogens is 204 g/mol. The SMILES string of the molecule is C[C@H](CO[Si](C)(C)C(C)(C)C)[C@@H](C)CO. The molecule has 0 rings (SSSR count). The molecule has 0 saturated carbocycles. The van der Waals surface area contributed by atoms with Crippen molar-refractivity contribution in [3.05, 3.63) is 0 Å². The van der Waals surface area contributed by atoms with Crippen molar-refractivity contribution in [2.75, 3.05) is 13.2 Å². The smallest absolute Gasteiger partial charge is 0.191 e. The normalized spacial score (nSPS) is 17.6. The minimum atomic E-state index is -1.61. The maximum absolute atomic E-state index is 9.05. The number of hydrogen-bond donors (Lipinski definition) is 1. The van der Waals surface area contributed by atoms with Gasteiger partial charge in [-0.3, -0.25) is 0 Å². The molecule has 2 nitrogen and oxygen atoms in total. The van der Waals surface area contributed by atoms with Crippen molar-refractivity contribution < 1.29 is 9.53 Å². The van der Waals surface area contributed by atoms with E-state index in [9.17, 15) is 0 Å². The van der Waals surface area contributed by atoms with Crippen LogP contribution in [0.4, 0.5) is 0 Å². The summed E-state index contributed by atoms with van der Waals surface area (Å²) in [5.74, 6) is 0.763. The highest BCUT2D eigenvalue weighted by Gasteiger charge is 2.37. The second kappa shape index (κ2) is 5.46. The lowest BCUT2D eigenvalue weighted by Crippen LogP contribution is -2.42. The van der Waals surface area contributed by atoms with Crippen LogP contribution in [0, 0.1) is 11.8 Å². The zero-order valence-corrected chi connectivity index (χ0v) is 12.4. The van der Waals surface area contributed by atoms with Gasteiger partial charge in [0.05, 0.1) is 0 Å². The molecule has 0 saturated heterocycles. The summed E-state index contributed by atoms with van der Waals surface area (Å²) in [6.45, 7) is 16.5. The first-order valence-electron chi connectivity index (χ1n) is 5.86. The number of hydrogen-bond acceptors (Lipinski definition) is 2. The summed E-state index contributed by atoms with van der Waals surface area (Å²) in [5.41, 5.74) is 0. The standard InChI is InChI=1S/C12H28O2Si/c1-10(8-13)11(2)9-14-15(6,7)12(3,4)5/h10-11,13H,8-9H2,1-7H3/t10-,11+/m0/s1. The molecule has 15 heavy (non-hydrogen) atoms. The topological polar surface area (TPSA) is 29.5 Å². The van der Waals surface area contributed by atoms with Gasteiger partial charge in [-0.05, 0) is 30.0 Å². The van der Waals surface area contributed by atoms with Gasteiger partial charge in [0, 0.05) is 13.2 Å². The van der Waals surface area contributed by atoms with Crippen LogP contribution < -0.4 is 0 Å². The Labute approximate surface area is 96.2 Å². The van der Waals surface area contributed by atoms with Gasteiger partial charge in [0.1, 0.15) is 0 Å². The molecule has 0 aliphatic heterocycles. The Balaban J connectivity index is 4.16. The Morgan fingerprint density at radius 2 is 1.60 bits per heavy atom. The van der Waals surface area contributed by atoms with Gasteiger partial charge in [0.25, 0.3) is 0 Å². The average Bonchev–Trinajstić information content (AvgIpc) is 2.11. The van der Waals surface area contributed by atoms with Crippen LogP contribution in [0.15, 0.2) is 0 Å². The molecule has 0 aromatic heterocycles. The zero-order chi connectivity index (χ0) is 12.3. The quantitative estimate of drug-likeness (QED) is 0.737. The van der Waals surface area contributed by atoms with E-state index >= 15 is 0 Å². The Morgan fingerprint density at radius 1 is 1.13 bits per heavy atom. The molecule has 0 heterocycles. The molecule has 3 heteroatoms. The highest BCUT2D eigenvalue weighted by Crippen LogP contribution is 2.36. The van der Waals surface area contributed by atoms with Crippen molar-refractivity contribution in [2.24, 2.45) is 11.8 Å². The summed E-state index contributed by atoms with van der Waals surface area (Å²) < 4.78 is 6.11. The Hall–Kier alpha value is 0.137. The maximum Gasteiger partial charge on any atom is 0.191 e. The number of aliphatic hydroxyl groups excluding tert-OH is 1. The van der Waals surface area contributed by atoms with Crippen LogP contribution in [-0.2, 0) is 4.43 Å². The van der Waals surface area contributed by atoms with E-state index in [1.807, 2.05) is 0 Å². The lowest BCUT2D eigenvalue weighted by Gasteiger charge is -2.37. The Bertz CT molecular complexity index is 185. The minimum absolute atomic E-state index is 0.252. The summed E-state index contributed by atoms with van der Waals surface area (Å²) in [4.78, 5) is 0. The van der Waals surface area contributed by atoms with E-state index in [4.69, 9.17) is 9.53 Å². The Morgan fingerprint density at radius 3 is 1.93 bits per heavy atom. The summed E-state index contributed by atoms with van der Waals surface area (Å²) in [5, 5.41) is 9.32. The van der Waals surface area contributed by atoms with E-state index in [-0.39, 0.29) is 11.6 Å². The number of aliphatic hydroxyl groups is 1. The van der Waals surface area contributed by atoms with Gasteiger partial charge in [-0.25, -0.2) is 0 Å². The largest absolute Gasteiger partial charge is 0.417 e. The van der Waals surface area contributed by atoms with Gasteiger partial charge in [-0.1, -0.05) is 34.6 Å². The van der Waals surface area contributed by atoms with Crippen molar-refractivity contribution in [2.45, 2.75) is 52.8 Å². The van der Waals surface area contributed by atoms with E-state index in [2.05, 4.69) is 47.7 Å². The maximum atomic E-state index is 9.05. The minimum Gasteiger partial charge on any atom is -0.417 e. The van der Waals surface area contributed by atoms with E-state index in [1.165, 1.54) is 0 Å². The van der Waals surface area contributed by atoms with Crippen LogP contribution in [0.5, 0.6) is 0 Å². The third-order valence-electron chi connectivity index (χ3n) is 3.77.